The van der Waals surface area contributed by atoms with Crippen LogP contribution in [0.3, 0.4) is 0 Å². The van der Waals surface area contributed by atoms with Crippen LogP contribution in [-0.2, 0) is 33.1 Å². The van der Waals surface area contributed by atoms with Gasteiger partial charge in [0.2, 0.25) is 0 Å². The molecule has 3 aromatic heterocycles. The van der Waals surface area contributed by atoms with E-state index in [0.29, 0.717) is 5.92 Å². The van der Waals surface area contributed by atoms with Gasteiger partial charge in [0.15, 0.2) is 0 Å². The van der Waals surface area contributed by atoms with Crippen molar-refractivity contribution in [1.82, 2.24) is 14.5 Å². The summed E-state index contributed by atoms with van der Waals surface area (Å²) >= 11 is 0. The zero-order valence-electron chi connectivity index (χ0n) is 26.8. The minimum atomic E-state index is -1.34. The Morgan fingerprint density at radius 3 is 2.36 bits per heavy atom. The fourth-order valence-electron chi connectivity index (χ4n) is 5.92. The number of para-hydroxylation sites is 3. The summed E-state index contributed by atoms with van der Waals surface area (Å²) < 4.78 is 8.36. The van der Waals surface area contributed by atoms with Gasteiger partial charge in [0.1, 0.15) is 5.58 Å². The van der Waals surface area contributed by atoms with Crippen molar-refractivity contribution in [1.29, 1.82) is 0 Å². The summed E-state index contributed by atoms with van der Waals surface area (Å²) in [6.07, 6.45) is 3.24. The van der Waals surface area contributed by atoms with Gasteiger partial charge in [0.25, 0.3) is 0 Å². The Morgan fingerprint density at radius 2 is 1.62 bits per heavy atom. The standard InChI is InChI=1S/C21H15N2O.C18H24NSi.Ir/c1-2-23-18-12-5-4-11-17(18)22-21(23)16-10-7-9-15-14-8-3-6-13-19(14)24-20(15)16;1-14(2)11-16-12-17(15-9-7-6-8-10-15)19-13-18(16)20(3,4)5;/h3-9,11-13H,2H2,1H3;6-9,12-14H,11H2,1-5H3;/q2*-1;. The van der Waals surface area contributed by atoms with Crippen LogP contribution in [0.4, 0.5) is 0 Å². The molecule has 0 saturated carbocycles. The molecule has 4 nitrogen and oxygen atoms in total. The first-order valence-electron chi connectivity index (χ1n) is 15.5. The van der Waals surface area contributed by atoms with E-state index in [4.69, 9.17) is 9.40 Å². The van der Waals surface area contributed by atoms with E-state index in [2.05, 4.69) is 98.6 Å². The van der Waals surface area contributed by atoms with E-state index < -0.39 is 8.07 Å². The van der Waals surface area contributed by atoms with E-state index >= 15 is 0 Å². The summed E-state index contributed by atoms with van der Waals surface area (Å²) in [7, 11) is -1.34. The quantitative estimate of drug-likeness (QED) is 0.125. The van der Waals surface area contributed by atoms with E-state index in [9.17, 15) is 0 Å². The number of pyridine rings is 1. The predicted octanol–water partition coefficient (Wildman–Crippen LogP) is 9.71. The third-order valence-corrected chi connectivity index (χ3v) is 10.0. The molecular formula is C39H39IrN3OSi-2. The number of nitrogens with zero attached hydrogens (tertiary/aromatic N) is 3. The average molecular weight is 786 g/mol. The van der Waals surface area contributed by atoms with Crippen molar-refractivity contribution in [2.75, 3.05) is 0 Å². The molecular weight excluding hydrogens is 747 g/mol. The number of aromatic nitrogens is 3. The normalized spacial score (nSPS) is 11.5. The SMILES string of the molecule is CC(C)Cc1cc(-c2[c-]cccc2)ncc1[Si](C)(C)C.CCn1c(-c2[c-]ccc3c2oc2ccccc23)nc2ccccc21.[Ir]. The second-order valence-corrected chi connectivity index (χ2v) is 17.8. The second-order valence-electron chi connectivity index (χ2n) is 12.7. The zero-order valence-corrected chi connectivity index (χ0v) is 30.2. The van der Waals surface area contributed by atoms with Crippen molar-refractivity contribution < 1.29 is 24.5 Å². The molecule has 0 saturated heterocycles. The Hall–Kier alpha value is -3.83. The van der Waals surface area contributed by atoms with Gasteiger partial charge in [-0.05, 0) is 48.3 Å². The molecule has 231 valence electrons. The molecule has 4 aromatic carbocycles. The van der Waals surface area contributed by atoms with Crippen molar-refractivity contribution in [3.63, 3.8) is 0 Å². The molecule has 0 N–H and O–H groups in total. The Morgan fingerprint density at radius 1 is 0.867 bits per heavy atom. The van der Waals surface area contributed by atoms with Crippen LogP contribution in [0.1, 0.15) is 26.3 Å². The molecule has 0 amide bonds. The van der Waals surface area contributed by atoms with Crippen LogP contribution in [0.15, 0.2) is 102 Å². The minimum absolute atomic E-state index is 0. The van der Waals surface area contributed by atoms with Crippen molar-refractivity contribution >= 4 is 46.2 Å². The predicted molar refractivity (Wildman–Crippen MR) is 187 cm³/mol. The van der Waals surface area contributed by atoms with Gasteiger partial charge >= 0.3 is 0 Å². The summed E-state index contributed by atoms with van der Waals surface area (Å²) in [6, 6.07) is 37.3. The van der Waals surface area contributed by atoms with Crippen molar-refractivity contribution in [2.45, 2.75) is 53.4 Å². The molecule has 0 fully saturated rings. The summed E-state index contributed by atoms with van der Waals surface area (Å²) in [5.74, 6) is 1.57. The van der Waals surface area contributed by atoms with Crippen molar-refractivity contribution in [2.24, 2.45) is 5.92 Å². The number of hydrogen-bond acceptors (Lipinski definition) is 3. The summed E-state index contributed by atoms with van der Waals surface area (Å²) in [4.78, 5) is 9.53. The van der Waals surface area contributed by atoms with Gasteiger partial charge in [-0.25, -0.2) is 0 Å². The molecule has 0 aliphatic rings. The number of aryl methyl sites for hydroxylation is 1. The van der Waals surface area contributed by atoms with Crippen LogP contribution < -0.4 is 5.19 Å². The maximum absolute atomic E-state index is 6.15. The molecule has 1 radical (unpaired) electrons. The van der Waals surface area contributed by atoms with E-state index in [0.717, 1.165) is 68.6 Å². The van der Waals surface area contributed by atoms with E-state index in [-0.39, 0.29) is 20.1 Å². The maximum atomic E-state index is 6.15. The Kier molecular flexibility index (Phi) is 9.88. The van der Waals surface area contributed by atoms with Gasteiger partial charge in [-0.15, -0.1) is 54.1 Å². The van der Waals surface area contributed by atoms with Crippen LogP contribution in [-0.4, -0.2) is 22.6 Å². The summed E-state index contributed by atoms with van der Waals surface area (Å²) in [5, 5.41) is 3.72. The molecule has 0 aliphatic heterocycles. The van der Waals surface area contributed by atoms with Crippen LogP contribution in [0.25, 0.3) is 55.6 Å². The van der Waals surface area contributed by atoms with Crippen molar-refractivity contribution in [3.05, 3.63) is 115 Å². The number of benzene rings is 4. The number of imidazole rings is 1. The van der Waals surface area contributed by atoms with Gasteiger partial charge in [-0.2, -0.15) is 0 Å². The molecule has 0 atom stereocenters. The van der Waals surface area contributed by atoms with Crippen LogP contribution in [0.5, 0.6) is 0 Å². The molecule has 7 aromatic rings. The Balaban J connectivity index is 0.000000177. The molecule has 0 unspecified atom stereocenters. The van der Waals surface area contributed by atoms with E-state index in [1.54, 1.807) is 0 Å². The maximum Gasteiger partial charge on any atom is 0.120 e. The molecule has 0 aliphatic carbocycles. The first-order valence-corrected chi connectivity index (χ1v) is 19.0. The molecule has 6 heteroatoms. The topological polar surface area (TPSA) is 43.9 Å². The second kappa shape index (κ2) is 13.7. The molecule has 7 rings (SSSR count). The minimum Gasteiger partial charge on any atom is -0.501 e. The number of rotatable bonds is 6. The van der Waals surface area contributed by atoms with Gasteiger partial charge in [0, 0.05) is 38.2 Å². The monoisotopic (exact) mass is 786 g/mol. The van der Waals surface area contributed by atoms with E-state index in [1.165, 1.54) is 10.8 Å². The third-order valence-electron chi connectivity index (χ3n) is 7.94. The fourth-order valence-corrected chi connectivity index (χ4v) is 7.51. The molecule has 3 heterocycles. The number of hydrogen-bond donors (Lipinski definition) is 0. The average Bonchev–Trinajstić information content (AvgIpc) is 3.59. The van der Waals surface area contributed by atoms with Gasteiger partial charge in [0.05, 0.1) is 30.5 Å². The van der Waals surface area contributed by atoms with Gasteiger partial charge in [-0.3, -0.25) is 4.98 Å². The zero-order chi connectivity index (χ0) is 30.8. The number of furan rings is 1. The fraction of sp³-hybridized carbons (Fsp3) is 0.231. The van der Waals surface area contributed by atoms with Gasteiger partial charge in [-0.1, -0.05) is 86.4 Å². The first kappa shape index (κ1) is 32.6. The molecule has 0 bridgehead atoms. The summed E-state index contributed by atoms with van der Waals surface area (Å²) in [5.41, 5.74) is 8.40. The summed E-state index contributed by atoms with van der Waals surface area (Å²) in [6.45, 7) is 14.7. The smallest absolute Gasteiger partial charge is 0.120 e. The molecule has 0 spiro atoms. The van der Waals surface area contributed by atoms with E-state index in [1.807, 2.05) is 60.7 Å². The first-order chi connectivity index (χ1) is 21.2. The third kappa shape index (κ3) is 6.74. The number of fused-ring (bicyclic) bond motifs is 4. The Bertz CT molecular complexity index is 2050. The molecule has 45 heavy (non-hydrogen) atoms. The van der Waals surface area contributed by atoms with Gasteiger partial charge < -0.3 is 14.0 Å². The largest absolute Gasteiger partial charge is 0.501 e. The van der Waals surface area contributed by atoms with Crippen molar-refractivity contribution in [3.8, 4) is 22.6 Å². The van der Waals surface area contributed by atoms with Crippen LogP contribution in [0.2, 0.25) is 19.6 Å². The van der Waals surface area contributed by atoms with Crippen LogP contribution in [0, 0.1) is 18.1 Å². The Labute approximate surface area is 280 Å². The van der Waals surface area contributed by atoms with Crippen LogP contribution >= 0.6 is 0 Å².